The first-order valence-corrected chi connectivity index (χ1v) is 8.07. The molecule has 25 heavy (non-hydrogen) atoms. The van der Waals surface area contributed by atoms with Gasteiger partial charge in [-0.1, -0.05) is 0 Å². The van der Waals surface area contributed by atoms with Crippen molar-refractivity contribution in [2.75, 3.05) is 26.7 Å². The van der Waals surface area contributed by atoms with Crippen molar-refractivity contribution in [2.45, 2.75) is 12.0 Å². The molecule has 1 aromatic carbocycles. The molecule has 0 N–H and O–H groups in total. The van der Waals surface area contributed by atoms with Gasteiger partial charge in [0.1, 0.15) is 0 Å². The normalized spacial score (nSPS) is 22.9. The van der Waals surface area contributed by atoms with Crippen molar-refractivity contribution in [1.29, 1.82) is 0 Å². The molecule has 0 radical (unpaired) electrons. The Bertz CT molecular complexity index is 953. The maximum Gasteiger partial charge on any atom is 0.410 e. The number of likely N-dealkylation sites (N-methyl/N-ethyl adjacent to an activating group) is 1. The van der Waals surface area contributed by atoms with Gasteiger partial charge in [0.2, 0.25) is 0 Å². The van der Waals surface area contributed by atoms with Crippen molar-refractivity contribution >= 4 is 22.9 Å². The fraction of sp³-hybridized carbons (Fsp3) is 0.412. The van der Waals surface area contributed by atoms with Crippen molar-refractivity contribution in [3.63, 3.8) is 0 Å². The van der Waals surface area contributed by atoms with Gasteiger partial charge in [-0.05, 0) is 18.2 Å². The topological polar surface area (TPSA) is 84.7 Å². The minimum Gasteiger partial charge on any atom is -0.439 e. The number of aryl methyl sites for hydroxylation is 1. The number of fused-ring (bicyclic) bond motifs is 1. The maximum absolute atomic E-state index is 12.8. The standard InChI is InChI=1S/C17H18N4O4/c1-19-8-17(25-16(19)24)5-6-21(9-17)14(22)11-3-4-12-13(7-11)18-10-20(2)15(12)23/h3-4,7,10H,5-6,8-9H2,1-2H3/t17-/m0/s1. The lowest BCUT2D eigenvalue weighted by atomic mass is 10.0. The Kier molecular flexibility index (Phi) is 3.31. The molecule has 8 heteroatoms. The third-order valence-corrected chi connectivity index (χ3v) is 4.91. The van der Waals surface area contributed by atoms with E-state index in [4.69, 9.17) is 4.74 Å². The molecule has 2 amide bonds. The molecule has 2 aliphatic rings. The van der Waals surface area contributed by atoms with E-state index < -0.39 is 5.60 Å². The van der Waals surface area contributed by atoms with E-state index in [1.807, 2.05) is 0 Å². The second kappa shape index (κ2) is 5.30. The first-order valence-electron chi connectivity index (χ1n) is 8.07. The van der Waals surface area contributed by atoms with Gasteiger partial charge in [-0.25, -0.2) is 9.78 Å². The molecule has 0 saturated carbocycles. The second-order valence-corrected chi connectivity index (χ2v) is 6.78. The summed E-state index contributed by atoms with van der Waals surface area (Å²) < 4.78 is 6.88. The summed E-state index contributed by atoms with van der Waals surface area (Å²) in [5.74, 6) is -0.146. The Morgan fingerprint density at radius 1 is 1.24 bits per heavy atom. The van der Waals surface area contributed by atoms with E-state index in [9.17, 15) is 14.4 Å². The smallest absolute Gasteiger partial charge is 0.410 e. The lowest BCUT2D eigenvalue weighted by Gasteiger charge is -2.21. The minimum absolute atomic E-state index is 0.146. The number of nitrogens with zero attached hydrogens (tertiary/aromatic N) is 4. The summed E-state index contributed by atoms with van der Waals surface area (Å²) in [5, 5.41) is 0.478. The Morgan fingerprint density at radius 2 is 2.04 bits per heavy atom. The zero-order chi connectivity index (χ0) is 17.8. The highest BCUT2D eigenvalue weighted by atomic mass is 16.6. The van der Waals surface area contributed by atoms with Crippen LogP contribution < -0.4 is 5.56 Å². The van der Waals surface area contributed by atoms with E-state index in [0.717, 1.165) is 0 Å². The average molecular weight is 342 g/mol. The molecule has 130 valence electrons. The van der Waals surface area contributed by atoms with Crippen molar-refractivity contribution < 1.29 is 14.3 Å². The molecule has 3 heterocycles. The Balaban J connectivity index is 1.60. The number of hydrogen-bond acceptors (Lipinski definition) is 5. The van der Waals surface area contributed by atoms with Gasteiger partial charge in [-0.15, -0.1) is 0 Å². The van der Waals surface area contributed by atoms with E-state index >= 15 is 0 Å². The van der Waals surface area contributed by atoms with Gasteiger partial charge >= 0.3 is 6.09 Å². The van der Waals surface area contributed by atoms with Crippen LogP contribution in [0.3, 0.4) is 0 Å². The third-order valence-electron chi connectivity index (χ3n) is 4.91. The highest BCUT2D eigenvalue weighted by Crippen LogP contribution is 2.32. The number of hydrogen-bond donors (Lipinski definition) is 0. The average Bonchev–Trinajstić information content (AvgIpc) is 3.12. The van der Waals surface area contributed by atoms with Gasteiger partial charge in [0.05, 0.1) is 30.3 Å². The molecule has 0 aliphatic carbocycles. The summed E-state index contributed by atoms with van der Waals surface area (Å²) in [7, 11) is 3.33. The number of ether oxygens (including phenoxy) is 1. The second-order valence-electron chi connectivity index (χ2n) is 6.78. The first-order chi connectivity index (χ1) is 11.9. The minimum atomic E-state index is -0.605. The highest BCUT2D eigenvalue weighted by Gasteiger charge is 2.49. The van der Waals surface area contributed by atoms with Gasteiger partial charge in [-0.2, -0.15) is 0 Å². The molecule has 8 nitrogen and oxygen atoms in total. The highest BCUT2D eigenvalue weighted by molar-refractivity contribution is 5.98. The van der Waals surface area contributed by atoms with E-state index in [1.54, 1.807) is 37.2 Å². The Labute approximate surface area is 143 Å². The lowest BCUT2D eigenvalue weighted by molar-refractivity contribution is 0.0553. The number of benzene rings is 1. The molecule has 0 unspecified atom stereocenters. The number of amides is 2. The summed E-state index contributed by atoms with van der Waals surface area (Å²) in [4.78, 5) is 44.0. The Hall–Kier alpha value is -2.90. The van der Waals surface area contributed by atoms with Gasteiger partial charge in [-0.3, -0.25) is 9.59 Å². The Morgan fingerprint density at radius 3 is 2.76 bits per heavy atom. The maximum atomic E-state index is 12.8. The summed E-state index contributed by atoms with van der Waals surface area (Å²) in [6.07, 6.45) is 1.72. The van der Waals surface area contributed by atoms with E-state index in [-0.39, 0.29) is 17.6 Å². The van der Waals surface area contributed by atoms with Gasteiger partial charge in [0.15, 0.2) is 5.60 Å². The summed E-state index contributed by atoms with van der Waals surface area (Å²) in [6, 6.07) is 4.91. The van der Waals surface area contributed by atoms with Gasteiger partial charge in [0, 0.05) is 32.6 Å². The predicted molar refractivity (Wildman–Crippen MR) is 89.3 cm³/mol. The van der Waals surface area contributed by atoms with Gasteiger partial charge in [0.25, 0.3) is 11.5 Å². The van der Waals surface area contributed by atoms with Crippen LogP contribution in [0.1, 0.15) is 16.8 Å². The molecule has 2 aromatic rings. The molecular weight excluding hydrogens is 324 g/mol. The van der Waals surface area contributed by atoms with Crippen LogP contribution in [0.4, 0.5) is 4.79 Å². The molecule has 2 aliphatic heterocycles. The SMILES string of the molecule is CN1C[C@]2(CCN(C(=O)c3ccc4c(=O)n(C)cnc4c3)C2)OC1=O. The van der Waals surface area contributed by atoms with E-state index in [0.29, 0.717) is 42.5 Å². The molecule has 1 atom stereocenters. The van der Waals surface area contributed by atoms with Crippen LogP contribution in [0.25, 0.3) is 10.9 Å². The van der Waals surface area contributed by atoms with Crippen LogP contribution >= 0.6 is 0 Å². The van der Waals surface area contributed by atoms with Crippen LogP contribution in [0, 0.1) is 0 Å². The van der Waals surface area contributed by atoms with Crippen LogP contribution in [-0.4, -0.2) is 63.6 Å². The molecule has 1 aromatic heterocycles. The molecule has 1 spiro atoms. The number of carbonyl (C=O) groups excluding carboxylic acids is 2. The molecule has 0 bridgehead atoms. The number of aromatic nitrogens is 2. The van der Waals surface area contributed by atoms with Crippen LogP contribution in [0.5, 0.6) is 0 Å². The fourth-order valence-electron chi connectivity index (χ4n) is 3.55. The lowest BCUT2D eigenvalue weighted by Crippen LogP contribution is -2.39. The van der Waals surface area contributed by atoms with Crippen LogP contribution in [-0.2, 0) is 11.8 Å². The number of carbonyl (C=O) groups is 2. The van der Waals surface area contributed by atoms with Crippen molar-refractivity contribution in [1.82, 2.24) is 19.4 Å². The fourth-order valence-corrected chi connectivity index (χ4v) is 3.55. The molecule has 4 rings (SSSR count). The number of likely N-dealkylation sites (tertiary alicyclic amines) is 1. The van der Waals surface area contributed by atoms with Crippen LogP contribution in [0.15, 0.2) is 29.3 Å². The molecule has 2 saturated heterocycles. The quantitative estimate of drug-likeness (QED) is 0.758. The number of rotatable bonds is 1. The predicted octanol–water partition coefficient (Wildman–Crippen LogP) is 0.600. The summed E-state index contributed by atoms with van der Waals surface area (Å²) in [5.41, 5.74) is 0.217. The largest absolute Gasteiger partial charge is 0.439 e. The van der Waals surface area contributed by atoms with E-state index in [1.165, 1.54) is 15.8 Å². The van der Waals surface area contributed by atoms with Crippen LogP contribution in [0.2, 0.25) is 0 Å². The monoisotopic (exact) mass is 342 g/mol. The van der Waals surface area contributed by atoms with Crippen molar-refractivity contribution in [2.24, 2.45) is 7.05 Å². The van der Waals surface area contributed by atoms with Crippen molar-refractivity contribution in [3.8, 4) is 0 Å². The van der Waals surface area contributed by atoms with Crippen molar-refractivity contribution in [3.05, 3.63) is 40.4 Å². The summed E-state index contributed by atoms with van der Waals surface area (Å²) in [6.45, 7) is 1.40. The first kappa shape index (κ1) is 15.6. The van der Waals surface area contributed by atoms with E-state index in [2.05, 4.69) is 4.98 Å². The van der Waals surface area contributed by atoms with Gasteiger partial charge < -0.3 is 19.1 Å². The molecular formula is C17H18N4O4. The summed E-state index contributed by atoms with van der Waals surface area (Å²) >= 11 is 0. The third kappa shape index (κ3) is 2.45. The zero-order valence-electron chi connectivity index (χ0n) is 14.1. The molecule has 2 fully saturated rings. The zero-order valence-corrected chi connectivity index (χ0v) is 14.1.